The number of hydrogen-bond acceptors (Lipinski definition) is 5. The van der Waals surface area contributed by atoms with E-state index in [0.717, 1.165) is 31.5 Å². The van der Waals surface area contributed by atoms with Crippen LogP contribution in [0.4, 0.5) is 5.95 Å². The maximum absolute atomic E-state index is 6.16. The Hall–Kier alpha value is -1.36. The van der Waals surface area contributed by atoms with Gasteiger partial charge in [-0.25, -0.2) is 4.98 Å². The van der Waals surface area contributed by atoms with Crippen LogP contribution in [0.25, 0.3) is 0 Å². The van der Waals surface area contributed by atoms with E-state index in [1.807, 2.05) is 13.0 Å². The summed E-state index contributed by atoms with van der Waals surface area (Å²) in [5, 5.41) is 3.22. The van der Waals surface area contributed by atoms with E-state index in [2.05, 4.69) is 22.2 Å². The second kappa shape index (κ2) is 5.52. The maximum Gasteiger partial charge on any atom is 0.226 e. The van der Waals surface area contributed by atoms with Crippen LogP contribution < -0.4 is 15.8 Å². The summed E-state index contributed by atoms with van der Waals surface area (Å²) < 4.78 is 5.53. The lowest BCUT2D eigenvalue weighted by Crippen LogP contribution is -2.52. The molecule has 0 aliphatic heterocycles. The Bertz CT molecular complexity index is 404. The Kier molecular flexibility index (Phi) is 4.01. The summed E-state index contributed by atoms with van der Waals surface area (Å²) in [6, 6.07) is 1.85. The largest absolute Gasteiger partial charge is 0.478 e. The minimum atomic E-state index is -0.0719. The Balaban J connectivity index is 1.96. The minimum absolute atomic E-state index is 0.0719. The molecule has 1 saturated carbocycles. The summed E-state index contributed by atoms with van der Waals surface area (Å²) in [7, 11) is 0. The number of anilines is 1. The lowest BCUT2D eigenvalue weighted by atomic mass is 9.78. The molecular formula is C13H22N4O. The van der Waals surface area contributed by atoms with Crippen LogP contribution in [0.15, 0.2) is 6.07 Å². The predicted octanol–water partition coefficient (Wildman–Crippen LogP) is 1.87. The molecule has 0 bridgehead atoms. The smallest absolute Gasteiger partial charge is 0.226 e. The highest BCUT2D eigenvalue weighted by molar-refractivity contribution is 5.31. The van der Waals surface area contributed by atoms with Crippen LogP contribution in [-0.4, -0.2) is 28.7 Å². The number of hydrogen-bond donors (Lipinski definition) is 2. The number of nitrogens with zero attached hydrogens (tertiary/aromatic N) is 2. The fourth-order valence-corrected chi connectivity index (χ4v) is 1.96. The average Bonchev–Trinajstić information content (AvgIpc) is 2.31. The van der Waals surface area contributed by atoms with Crippen molar-refractivity contribution in [3.8, 4) is 5.88 Å². The Labute approximate surface area is 108 Å². The van der Waals surface area contributed by atoms with Gasteiger partial charge in [-0.3, -0.25) is 0 Å². The lowest BCUT2D eigenvalue weighted by Gasteiger charge is -2.38. The second-order valence-corrected chi connectivity index (χ2v) is 5.09. The molecule has 100 valence electrons. The van der Waals surface area contributed by atoms with Crippen molar-refractivity contribution in [3.63, 3.8) is 0 Å². The van der Waals surface area contributed by atoms with Gasteiger partial charge in [0.1, 0.15) is 0 Å². The zero-order valence-electron chi connectivity index (χ0n) is 11.2. The van der Waals surface area contributed by atoms with Gasteiger partial charge in [-0.1, -0.05) is 6.92 Å². The zero-order valence-corrected chi connectivity index (χ0v) is 11.2. The van der Waals surface area contributed by atoms with Crippen molar-refractivity contribution >= 4 is 5.95 Å². The third-order valence-electron chi connectivity index (χ3n) is 3.23. The van der Waals surface area contributed by atoms with Crippen LogP contribution in [0.5, 0.6) is 5.88 Å². The summed E-state index contributed by atoms with van der Waals surface area (Å²) >= 11 is 0. The first kappa shape index (κ1) is 13.1. The van der Waals surface area contributed by atoms with Gasteiger partial charge >= 0.3 is 0 Å². The van der Waals surface area contributed by atoms with Crippen molar-refractivity contribution in [1.29, 1.82) is 0 Å². The van der Waals surface area contributed by atoms with Gasteiger partial charge in [0.05, 0.1) is 6.61 Å². The lowest BCUT2D eigenvalue weighted by molar-refractivity contribution is 0.264. The highest BCUT2D eigenvalue weighted by atomic mass is 16.5. The molecule has 5 nitrogen and oxygen atoms in total. The van der Waals surface area contributed by atoms with Crippen molar-refractivity contribution in [1.82, 2.24) is 9.97 Å². The van der Waals surface area contributed by atoms with Gasteiger partial charge in [0.25, 0.3) is 0 Å². The first-order chi connectivity index (χ1) is 8.61. The van der Waals surface area contributed by atoms with Gasteiger partial charge in [0, 0.05) is 23.8 Å². The van der Waals surface area contributed by atoms with Crippen LogP contribution in [0.3, 0.4) is 0 Å². The monoisotopic (exact) mass is 250 g/mol. The molecule has 0 unspecified atom stereocenters. The molecule has 1 heterocycles. The SMILES string of the molecule is CCCOc1cc(C)nc(NCC2(N)CCC2)n1. The van der Waals surface area contributed by atoms with Crippen LogP contribution >= 0.6 is 0 Å². The molecule has 5 heteroatoms. The van der Waals surface area contributed by atoms with Crippen LogP contribution in [0.1, 0.15) is 38.3 Å². The quantitative estimate of drug-likeness (QED) is 0.806. The van der Waals surface area contributed by atoms with E-state index in [-0.39, 0.29) is 5.54 Å². The summed E-state index contributed by atoms with van der Waals surface area (Å²) in [4.78, 5) is 8.68. The molecule has 1 aromatic heterocycles. The molecule has 0 aromatic carbocycles. The first-order valence-corrected chi connectivity index (χ1v) is 6.62. The molecule has 1 aromatic rings. The third-order valence-corrected chi connectivity index (χ3v) is 3.23. The fraction of sp³-hybridized carbons (Fsp3) is 0.692. The molecule has 0 amide bonds. The molecule has 0 spiro atoms. The van der Waals surface area contributed by atoms with Crippen molar-refractivity contribution < 1.29 is 4.74 Å². The maximum atomic E-state index is 6.16. The highest BCUT2D eigenvalue weighted by Gasteiger charge is 2.32. The molecule has 1 aliphatic rings. The van der Waals surface area contributed by atoms with E-state index in [1.165, 1.54) is 6.42 Å². The van der Waals surface area contributed by atoms with Gasteiger partial charge in [-0.15, -0.1) is 0 Å². The molecular weight excluding hydrogens is 228 g/mol. The van der Waals surface area contributed by atoms with Crippen LogP contribution in [0, 0.1) is 6.92 Å². The number of aryl methyl sites for hydroxylation is 1. The Morgan fingerprint density at radius 3 is 2.83 bits per heavy atom. The first-order valence-electron chi connectivity index (χ1n) is 6.62. The molecule has 0 atom stereocenters. The van der Waals surface area contributed by atoms with E-state index in [9.17, 15) is 0 Å². The number of ether oxygens (including phenoxy) is 1. The van der Waals surface area contributed by atoms with Crippen LogP contribution in [-0.2, 0) is 0 Å². The summed E-state index contributed by atoms with van der Waals surface area (Å²) in [5.41, 5.74) is 6.99. The summed E-state index contributed by atoms with van der Waals surface area (Å²) in [6.07, 6.45) is 4.34. The molecule has 2 rings (SSSR count). The number of nitrogens with one attached hydrogen (secondary N) is 1. The van der Waals surface area contributed by atoms with E-state index in [1.54, 1.807) is 0 Å². The normalized spacial score (nSPS) is 17.1. The predicted molar refractivity (Wildman–Crippen MR) is 71.8 cm³/mol. The summed E-state index contributed by atoms with van der Waals surface area (Å²) in [6.45, 7) is 5.41. The van der Waals surface area contributed by atoms with Gasteiger partial charge in [0.15, 0.2) is 0 Å². The third kappa shape index (κ3) is 3.32. The van der Waals surface area contributed by atoms with E-state index in [4.69, 9.17) is 10.5 Å². The van der Waals surface area contributed by atoms with Gasteiger partial charge in [-0.05, 0) is 32.6 Å². The Morgan fingerprint density at radius 2 is 2.22 bits per heavy atom. The molecule has 1 aliphatic carbocycles. The number of aromatic nitrogens is 2. The molecule has 1 fully saturated rings. The van der Waals surface area contributed by atoms with E-state index < -0.39 is 0 Å². The molecule has 18 heavy (non-hydrogen) atoms. The topological polar surface area (TPSA) is 73.1 Å². The number of nitrogens with two attached hydrogens (primary N) is 1. The van der Waals surface area contributed by atoms with E-state index in [0.29, 0.717) is 18.4 Å². The Morgan fingerprint density at radius 1 is 1.44 bits per heavy atom. The van der Waals surface area contributed by atoms with Crippen molar-refractivity contribution in [2.24, 2.45) is 5.73 Å². The standard InChI is InChI=1S/C13H22N4O/c1-3-7-18-11-8-10(2)16-12(17-11)15-9-13(14)5-4-6-13/h8H,3-7,9,14H2,1-2H3,(H,15,16,17). The molecule has 0 radical (unpaired) electrons. The van der Waals surface area contributed by atoms with Crippen LogP contribution in [0.2, 0.25) is 0 Å². The van der Waals surface area contributed by atoms with Gasteiger partial charge < -0.3 is 15.8 Å². The summed E-state index contributed by atoms with van der Waals surface area (Å²) in [5.74, 6) is 1.24. The molecule has 3 N–H and O–H groups in total. The number of rotatable bonds is 6. The van der Waals surface area contributed by atoms with Crippen molar-refractivity contribution in [2.45, 2.75) is 45.1 Å². The average molecular weight is 250 g/mol. The molecule has 0 saturated heterocycles. The minimum Gasteiger partial charge on any atom is -0.478 e. The van der Waals surface area contributed by atoms with Gasteiger partial charge in [0.2, 0.25) is 11.8 Å². The highest BCUT2D eigenvalue weighted by Crippen LogP contribution is 2.29. The second-order valence-electron chi connectivity index (χ2n) is 5.09. The van der Waals surface area contributed by atoms with Crippen molar-refractivity contribution in [3.05, 3.63) is 11.8 Å². The van der Waals surface area contributed by atoms with Crippen molar-refractivity contribution in [2.75, 3.05) is 18.5 Å². The zero-order chi connectivity index (χ0) is 13.0. The fourth-order valence-electron chi connectivity index (χ4n) is 1.96. The van der Waals surface area contributed by atoms with Gasteiger partial charge in [-0.2, -0.15) is 4.98 Å². The van der Waals surface area contributed by atoms with E-state index >= 15 is 0 Å².